The minimum atomic E-state index is -0.678. The van der Waals surface area contributed by atoms with Gasteiger partial charge in [-0.25, -0.2) is 4.68 Å². The van der Waals surface area contributed by atoms with Gasteiger partial charge >= 0.3 is 0 Å². The van der Waals surface area contributed by atoms with Crippen molar-refractivity contribution in [2.24, 2.45) is 5.73 Å². The van der Waals surface area contributed by atoms with Crippen LogP contribution >= 0.6 is 23.2 Å². The summed E-state index contributed by atoms with van der Waals surface area (Å²) in [6, 6.07) is 16.9. The van der Waals surface area contributed by atoms with E-state index in [4.69, 9.17) is 28.9 Å². The summed E-state index contributed by atoms with van der Waals surface area (Å²) in [6.07, 6.45) is 1.05. The monoisotopic (exact) mass is 381 g/mol. The first-order chi connectivity index (χ1) is 12.6. The molecule has 0 amide bonds. The predicted octanol–water partition coefficient (Wildman–Crippen LogP) is 4.67. The first-order valence-corrected chi connectivity index (χ1v) is 8.60. The smallest absolute Gasteiger partial charge is 0.139 e. The Morgan fingerprint density at radius 3 is 2.15 bits per heavy atom. The zero-order valence-corrected chi connectivity index (χ0v) is 15.0. The van der Waals surface area contributed by atoms with Gasteiger partial charge in [0.2, 0.25) is 0 Å². The highest BCUT2D eigenvalue weighted by molar-refractivity contribution is 6.30. The molecule has 128 valence electrons. The van der Waals surface area contributed by atoms with Crippen molar-refractivity contribution < 1.29 is 0 Å². The molecule has 0 bridgehead atoms. The molecule has 0 radical (unpaired) electrons. The van der Waals surface area contributed by atoms with Crippen molar-refractivity contribution in [1.29, 1.82) is 5.26 Å². The topological polar surface area (TPSA) is 79.7 Å². The number of nitriles is 1. The zero-order valence-electron chi connectivity index (χ0n) is 13.4. The fourth-order valence-corrected chi connectivity index (χ4v) is 3.21. The van der Waals surface area contributed by atoms with Crippen molar-refractivity contribution in [1.82, 2.24) is 9.78 Å². The van der Waals surface area contributed by atoms with Gasteiger partial charge in [0.1, 0.15) is 18.1 Å². The highest BCUT2D eigenvalue weighted by Crippen LogP contribution is 2.38. The molecular weight excluding hydrogens is 369 g/mol. The molecular formula is C19H13Cl2N5. The second-order valence-electron chi connectivity index (χ2n) is 5.84. The minimum absolute atomic E-state index is 0.408. The van der Waals surface area contributed by atoms with Gasteiger partial charge in [-0.2, -0.15) is 10.4 Å². The van der Waals surface area contributed by atoms with E-state index in [2.05, 4.69) is 16.5 Å². The fraction of sp³-hybridized carbons (Fsp3) is 0.0526. The molecule has 7 heteroatoms. The molecule has 0 fully saturated rings. The maximum atomic E-state index is 9.62. The molecule has 26 heavy (non-hydrogen) atoms. The molecule has 0 unspecified atom stereocenters. The van der Waals surface area contributed by atoms with Crippen LogP contribution in [0.2, 0.25) is 10.0 Å². The number of benzene rings is 2. The molecule has 0 spiro atoms. The molecule has 0 aliphatic carbocycles. The number of rotatable bonds is 2. The lowest BCUT2D eigenvalue weighted by Gasteiger charge is -2.26. The Balaban J connectivity index is 1.83. The lowest BCUT2D eigenvalue weighted by molar-refractivity contribution is 0.544. The van der Waals surface area contributed by atoms with Crippen molar-refractivity contribution in [2.75, 3.05) is 5.32 Å². The van der Waals surface area contributed by atoms with Crippen LogP contribution in [-0.2, 0) is 0 Å². The Labute approximate surface area is 160 Å². The molecule has 1 aliphatic heterocycles. The van der Waals surface area contributed by atoms with Gasteiger partial charge in [-0.3, -0.25) is 0 Å². The van der Waals surface area contributed by atoms with Gasteiger partial charge in [0, 0.05) is 15.6 Å². The van der Waals surface area contributed by atoms with Gasteiger partial charge in [0.05, 0.1) is 17.5 Å². The average Bonchev–Trinajstić information content (AvgIpc) is 3.07. The van der Waals surface area contributed by atoms with Crippen molar-refractivity contribution in [3.8, 4) is 17.2 Å². The van der Waals surface area contributed by atoms with E-state index >= 15 is 0 Å². The van der Waals surface area contributed by atoms with Crippen LogP contribution in [0.25, 0.3) is 16.8 Å². The van der Waals surface area contributed by atoms with Gasteiger partial charge < -0.3 is 11.1 Å². The highest BCUT2D eigenvalue weighted by atomic mass is 35.5. The average molecular weight is 382 g/mol. The van der Waals surface area contributed by atoms with E-state index in [0.29, 0.717) is 21.3 Å². The number of nitrogens with two attached hydrogens (primary N) is 1. The van der Waals surface area contributed by atoms with E-state index in [1.54, 1.807) is 23.0 Å². The predicted molar refractivity (Wildman–Crippen MR) is 104 cm³/mol. The van der Waals surface area contributed by atoms with E-state index in [1.807, 2.05) is 36.4 Å². The molecule has 4 rings (SSSR count). The summed E-state index contributed by atoms with van der Waals surface area (Å²) >= 11 is 12.0. The molecule has 2 aromatic carbocycles. The fourth-order valence-electron chi connectivity index (χ4n) is 2.96. The lowest BCUT2D eigenvalue weighted by Crippen LogP contribution is -2.29. The summed E-state index contributed by atoms with van der Waals surface area (Å²) in [7, 11) is 0. The maximum Gasteiger partial charge on any atom is 0.139 e. The first-order valence-electron chi connectivity index (χ1n) is 7.84. The van der Waals surface area contributed by atoms with Crippen LogP contribution in [0.3, 0.4) is 0 Å². The third-order valence-electron chi connectivity index (χ3n) is 4.28. The largest absolute Gasteiger partial charge is 0.338 e. The summed E-state index contributed by atoms with van der Waals surface area (Å²) in [5.41, 5.74) is 10.0. The minimum Gasteiger partial charge on any atom is -0.338 e. The van der Waals surface area contributed by atoms with Crippen LogP contribution < -0.4 is 11.1 Å². The Bertz CT molecular complexity index is 1040. The van der Waals surface area contributed by atoms with Crippen molar-refractivity contribution in [2.45, 2.75) is 6.17 Å². The van der Waals surface area contributed by atoms with Crippen molar-refractivity contribution in [3.63, 3.8) is 0 Å². The van der Waals surface area contributed by atoms with E-state index in [0.717, 1.165) is 22.5 Å². The van der Waals surface area contributed by atoms with Gasteiger partial charge in [0.25, 0.3) is 0 Å². The van der Waals surface area contributed by atoms with Gasteiger partial charge in [-0.05, 0) is 35.4 Å². The number of halogens is 2. The van der Waals surface area contributed by atoms with Crippen LogP contribution in [0, 0.1) is 11.3 Å². The lowest BCUT2D eigenvalue weighted by atomic mass is 10.0. The Morgan fingerprint density at radius 2 is 1.58 bits per heavy atom. The molecule has 0 saturated heterocycles. The molecule has 1 atom stereocenters. The molecule has 1 aliphatic rings. The molecule has 5 nitrogen and oxygen atoms in total. The van der Waals surface area contributed by atoms with Crippen LogP contribution in [0.1, 0.15) is 11.7 Å². The van der Waals surface area contributed by atoms with Crippen LogP contribution in [0.5, 0.6) is 0 Å². The summed E-state index contributed by atoms with van der Waals surface area (Å²) in [4.78, 5) is 0. The summed E-state index contributed by atoms with van der Waals surface area (Å²) in [5.74, 6) is 0.726. The molecule has 1 aromatic heterocycles. The number of hydrogen-bond acceptors (Lipinski definition) is 4. The number of fused-ring (bicyclic) bond motifs is 1. The number of aromatic nitrogens is 2. The van der Waals surface area contributed by atoms with Crippen molar-refractivity contribution in [3.05, 3.63) is 75.9 Å². The number of nitrogens with zero attached hydrogens (tertiary/aromatic N) is 3. The normalized spacial score (nSPS) is 16.0. The van der Waals surface area contributed by atoms with Gasteiger partial charge in [-0.1, -0.05) is 47.5 Å². The number of nitrogens with one attached hydrogen (secondary N) is 1. The van der Waals surface area contributed by atoms with Gasteiger partial charge in [0.15, 0.2) is 0 Å². The van der Waals surface area contributed by atoms with Gasteiger partial charge in [-0.15, -0.1) is 0 Å². The zero-order chi connectivity index (χ0) is 18.3. The maximum absolute atomic E-state index is 9.62. The van der Waals surface area contributed by atoms with Crippen molar-refractivity contribution >= 4 is 34.7 Å². The molecule has 0 saturated carbocycles. The van der Waals surface area contributed by atoms with E-state index in [1.165, 1.54) is 0 Å². The SMILES string of the molecule is N#CC1=C(c2ccc(Cl)cc2)Nc2c(-c3ccc(Cl)cc3)cnn2[C@@H]1N. The quantitative estimate of drug-likeness (QED) is 0.675. The highest BCUT2D eigenvalue weighted by Gasteiger charge is 2.29. The summed E-state index contributed by atoms with van der Waals surface area (Å²) < 4.78 is 1.61. The van der Waals surface area contributed by atoms with E-state index in [-0.39, 0.29) is 0 Å². The second-order valence-corrected chi connectivity index (χ2v) is 6.71. The van der Waals surface area contributed by atoms with Crippen LogP contribution in [0.4, 0.5) is 5.82 Å². The second kappa shape index (κ2) is 6.50. The Hall–Kier alpha value is -2.78. The third-order valence-corrected chi connectivity index (χ3v) is 4.78. The standard InChI is InChI=1S/C19H13Cl2N5/c20-13-5-1-11(2-6-13)16-10-24-26-18(23)15(9-22)17(25-19(16)26)12-3-7-14(21)8-4-12/h1-8,10,18,25H,23H2/t18-/m0/s1. The molecule has 3 aromatic rings. The molecule has 2 heterocycles. The number of anilines is 1. The van der Waals surface area contributed by atoms with E-state index in [9.17, 15) is 5.26 Å². The van der Waals surface area contributed by atoms with Crippen LogP contribution in [-0.4, -0.2) is 9.78 Å². The molecule has 3 N–H and O–H groups in total. The Kier molecular flexibility index (Phi) is 4.17. The van der Waals surface area contributed by atoms with Crippen LogP contribution in [0.15, 0.2) is 60.3 Å². The number of hydrogen-bond donors (Lipinski definition) is 2. The summed E-state index contributed by atoms with van der Waals surface area (Å²) in [6.45, 7) is 0. The third kappa shape index (κ3) is 2.74. The van der Waals surface area contributed by atoms with E-state index < -0.39 is 6.17 Å². The first kappa shape index (κ1) is 16.7. The summed E-state index contributed by atoms with van der Waals surface area (Å²) in [5, 5.41) is 18.6. The Morgan fingerprint density at radius 1 is 1.00 bits per heavy atom.